The average molecular weight is 493 g/mol. The van der Waals surface area contributed by atoms with E-state index in [9.17, 15) is 23.9 Å². The van der Waals surface area contributed by atoms with Crippen LogP contribution in [0.1, 0.15) is 30.6 Å². The number of halogens is 2. The molecule has 33 heavy (non-hydrogen) atoms. The fourth-order valence-electron chi connectivity index (χ4n) is 3.30. The molecule has 1 aromatic rings. The van der Waals surface area contributed by atoms with Crippen molar-refractivity contribution in [3.8, 4) is 0 Å². The molecule has 0 aliphatic carbocycles. The number of hydrogen-bond acceptors (Lipinski definition) is 7. The van der Waals surface area contributed by atoms with Crippen molar-refractivity contribution in [2.45, 2.75) is 44.6 Å². The van der Waals surface area contributed by atoms with E-state index in [4.69, 9.17) is 32.0 Å². The Morgan fingerprint density at radius 2 is 1.73 bits per heavy atom. The first-order valence-electron chi connectivity index (χ1n) is 10.2. The zero-order valence-corrected chi connectivity index (χ0v) is 19.3. The van der Waals surface area contributed by atoms with Crippen LogP contribution in [0.15, 0.2) is 18.2 Å². The molecule has 1 aliphatic heterocycles. The Labute approximate surface area is 195 Å². The van der Waals surface area contributed by atoms with Gasteiger partial charge in [-0.05, 0) is 30.5 Å². The summed E-state index contributed by atoms with van der Waals surface area (Å²) in [5.41, 5.74) is 0.308. The first-order chi connectivity index (χ1) is 15.3. The number of carboxylic acid groups (broad SMARTS) is 2. The molecule has 0 aromatic heterocycles. The van der Waals surface area contributed by atoms with E-state index < -0.39 is 30.0 Å². The van der Waals surface area contributed by atoms with Crippen molar-refractivity contribution in [2.75, 3.05) is 26.7 Å². The van der Waals surface area contributed by atoms with Gasteiger partial charge in [0.25, 0.3) is 5.91 Å². The van der Waals surface area contributed by atoms with Crippen molar-refractivity contribution in [3.05, 3.63) is 34.6 Å². The van der Waals surface area contributed by atoms with Gasteiger partial charge in [-0.15, -0.1) is 0 Å². The lowest BCUT2D eigenvalue weighted by Gasteiger charge is -2.34. The lowest BCUT2D eigenvalue weighted by Crippen LogP contribution is -2.47. The molecule has 186 valence electrons. The van der Waals surface area contributed by atoms with Crippen LogP contribution in [0.3, 0.4) is 0 Å². The molecule has 1 aromatic carbocycles. The van der Waals surface area contributed by atoms with E-state index in [0.29, 0.717) is 18.7 Å². The fraction of sp³-hybridized carbons (Fsp3) is 0.571. The number of amides is 1. The van der Waals surface area contributed by atoms with Crippen LogP contribution in [0.2, 0.25) is 5.02 Å². The number of benzene rings is 1. The maximum atomic E-state index is 13.2. The van der Waals surface area contributed by atoms with Crippen LogP contribution in [-0.2, 0) is 9.59 Å². The smallest absolute Gasteiger partial charge is 0.335 e. The quantitative estimate of drug-likeness (QED) is 0.348. The van der Waals surface area contributed by atoms with Gasteiger partial charge in [-0.3, -0.25) is 9.69 Å². The molecule has 3 unspecified atom stereocenters. The summed E-state index contributed by atoms with van der Waals surface area (Å²) in [6, 6.07) is 3.82. The average Bonchev–Trinajstić information content (AvgIpc) is 3.14. The number of hydrogen-bond donors (Lipinski definition) is 5. The van der Waals surface area contributed by atoms with Crippen molar-refractivity contribution in [2.24, 2.45) is 5.92 Å². The molecule has 0 bridgehead atoms. The molecule has 1 heterocycles. The van der Waals surface area contributed by atoms with E-state index in [-0.39, 0.29) is 29.0 Å². The van der Waals surface area contributed by atoms with Crippen molar-refractivity contribution in [1.82, 2.24) is 9.80 Å². The molecule has 0 radical (unpaired) electrons. The molecule has 5 N–H and O–H groups in total. The molecular formula is C21H30ClFN2O8. The number of likely N-dealkylation sites (tertiary alicyclic amines) is 1. The fourth-order valence-corrected chi connectivity index (χ4v) is 3.54. The van der Waals surface area contributed by atoms with Crippen molar-refractivity contribution < 1.29 is 44.3 Å². The lowest BCUT2D eigenvalue weighted by atomic mass is 10.0. The van der Waals surface area contributed by atoms with Gasteiger partial charge in [0.15, 0.2) is 12.2 Å². The van der Waals surface area contributed by atoms with E-state index >= 15 is 0 Å². The zero-order chi connectivity index (χ0) is 25.5. The standard InChI is InChI=1S/C17H24ClFN2O2.C4H6O6/c1-11(2)16(10-21-7-6-13(22)9-21)20(3)17(23)14-5-4-12(19)8-15(14)18;5-1(3(7)8)2(6)4(9)10/h4-5,8,11,13,16,22H,6-7,9-10H2,1-3H3;1-2,5-6H,(H,7,8)(H,9,10)/t13-,16?;/m0./s1. The summed E-state index contributed by atoms with van der Waals surface area (Å²) in [4.78, 5) is 36.1. The Kier molecular flexibility index (Phi) is 11.1. The maximum Gasteiger partial charge on any atom is 0.335 e. The lowest BCUT2D eigenvalue weighted by molar-refractivity contribution is -0.165. The largest absolute Gasteiger partial charge is 0.479 e. The van der Waals surface area contributed by atoms with Gasteiger partial charge < -0.3 is 30.4 Å². The number of likely N-dealkylation sites (N-methyl/N-ethyl adjacent to an activating group) is 1. The number of carboxylic acids is 2. The zero-order valence-electron chi connectivity index (χ0n) is 18.6. The Hall–Kier alpha value is -2.31. The maximum absolute atomic E-state index is 13.2. The second-order valence-corrected chi connectivity index (χ2v) is 8.53. The number of β-amino-alcohol motifs (C(OH)–C–C–N with tert-alkyl or cyclic N) is 1. The Bertz CT molecular complexity index is 822. The highest BCUT2D eigenvalue weighted by atomic mass is 35.5. The highest BCUT2D eigenvalue weighted by molar-refractivity contribution is 6.33. The SMILES string of the molecule is CC(C)C(CN1CC[C@H](O)C1)N(C)C(=O)c1ccc(F)cc1Cl.O=C(O)C(O)C(O)C(=O)O. The summed E-state index contributed by atoms with van der Waals surface area (Å²) < 4.78 is 13.2. The van der Waals surface area contributed by atoms with Crippen LogP contribution < -0.4 is 0 Å². The summed E-state index contributed by atoms with van der Waals surface area (Å²) in [5, 5.41) is 42.3. The van der Waals surface area contributed by atoms with Crippen molar-refractivity contribution >= 4 is 29.4 Å². The van der Waals surface area contributed by atoms with Crippen LogP contribution >= 0.6 is 11.6 Å². The highest BCUT2D eigenvalue weighted by Crippen LogP contribution is 2.22. The predicted molar refractivity (Wildman–Crippen MR) is 116 cm³/mol. The molecule has 4 atom stereocenters. The van der Waals surface area contributed by atoms with Crippen LogP contribution in [0.5, 0.6) is 0 Å². The third-order valence-corrected chi connectivity index (χ3v) is 5.56. The molecule has 10 nitrogen and oxygen atoms in total. The van der Waals surface area contributed by atoms with E-state index in [1.165, 1.54) is 12.1 Å². The van der Waals surface area contributed by atoms with Gasteiger partial charge in [-0.25, -0.2) is 14.0 Å². The third-order valence-electron chi connectivity index (χ3n) is 5.25. The normalized spacial score (nSPS) is 18.8. The molecule has 2 rings (SSSR count). The van der Waals surface area contributed by atoms with E-state index in [1.807, 2.05) is 0 Å². The monoisotopic (exact) mass is 492 g/mol. The van der Waals surface area contributed by atoms with E-state index in [0.717, 1.165) is 19.0 Å². The molecule has 1 aliphatic rings. The highest BCUT2D eigenvalue weighted by Gasteiger charge is 2.30. The molecule has 12 heteroatoms. The van der Waals surface area contributed by atoms with Gasteiger partial charge in [0.05, 0.1) is 16.7 Å². The van der Waals surface area contributed by atoms with Crippen molar-refractivity contribution in [1.29, 1.82) is 0 Å². The number of aliphatic hydroxyl groups excluding tert-OH is 3. The summed E-state index contributed by atoms with van der Waals surface area (Å²) >= 11 is 6.01. The molecule has 0 saturated carbocycles. The minimum absolute atomic E-state index is 0.00563. The number of carbonyl (C=O) groups is 3. The number of rotatable bonds is 8. The van der Waals surface area contributed by atoms with E-state index in [1.54, 1.807) is 11.9 Å². The second-order valence-electron chi connectivity index (χ2n) is 8.12. The number of carbonyl (C=O) groups excluding carboxylic acids is 1. The molecular weight excluding hydrogens is 463 g/mol. The molecule has 1 amide bonds. The Morgan fingerprint density at radius 3 is 2.12 bits per heavy atom. The van der Waals surface area contributed by atoms with Gasteiger partial charge in [0, 0.05) is 32.7 Å². The van der Waals surface area contributed by atoms with Crippen molar-refractivity contribution in [3.63, 3.8) is 0 Å². The number of nitrogens with zero attached hydrogens (tertiary/aromatic N) is 2. The minimum atomic E-state index is -2.27. The van der Waals surface area contributed by atoms with Gasteiger partial charge in [-0.2, -0.15) is 0 Å². The number of aliphatic hydroxyl groups is 3. The first kappa shape index (κ1) is 28.7. The summed E-state index contributed by atoms with van der Waals surface area (Å²) in [6.45, 7) is 6.31. The Morgan fingerprint density at radius 1 is 1.18 bits per heavy atom. The van der Waals surface area contributed by atoms with Crippen LogP contribution in [0.4, 0.5) is 4.39 Å². The van der Waals surface area contributed by atoms with Gasteiger partial charge in [0.2, 0.25) is 0 Å². The van der Waals surface area contributed by atoms with E-state index in [2.05, 4.69) is 18.7 Å². The summed E-state index contributed by atoms with van der Waals surface area (Å²) in [7, 11) is 1.75. The summed E-state index contributed by atoms with van der Waals surface area (Å²) in [5.74, 6) is -3.96. The van der Waals surface area contributed by atoms with Crippen LogP contribution in [0.25, 0.3) is 0 Å². The van der Waals surface area contributed by atoms with Gasteiger partial charge in [0.1, 0.15) is 5.82 Å². The summed E-state index contributed by atoms with van der Waals surface area (Å²) in [6.07, 6.45) is -4.04. The Balaban J connectivity index is 0.000000461. The van der Waals surface area contributed by atoms with Crippen LogP contribution in [-0.4, -0.2) is 104 Å². The van der Waals surface area contributed by atoms with Gasteiger partial charge in [-0.1, -0.05) is 25.4 Å². The first-order valence-corrected chi connectivity index (χ1v) is 10.6. The predicted octanol–water partition coefficient (Wildman–Crippen LogP) is 0.520. The second kappa shape index (κ2) is 12.8. The topological polar surface area (TPSA) is 159 Å². The number of aliphatic carboxylic acids is 2. The third kappa shape index (κ3) is 8.52. The molecule has 1 saturated heterocycles. The van der Waals surface area contributed by atoms with Crippen LogP contribution in [0, 0.1) is 11.7 Å². The van der Waals surface area contributed by atoms with Gasteiger partial charge >= 0.3 is 11.9 Å². The minimum Gasteiger partial charge on any atom is -0.479 e. The molecule has 1 fully saturated rings. The molecule has 0 spiro atoms.